The van der Waals surface area contributed by atoms with E-state index in [2.05, 4.69) is 20.3 Å². The van der Waals surface area contributed by atoms with E-state index < -0.39 is 5.82 Å². The van der Waals surface area contributed by atoms with Gasteiger partial charge >= 0.3 is 0 Å². The fourth-order valence-corrected chi connectivity index (χ4v) is 1.48. The number of benzene rings is 1. The van der Waals surface area contributed by atoms with E-state index in [0.717, 1.165) is 0 Å². The lowest BCUT2D eigenvalue weighted by atomic mass is 10.2. The lowest BCUT2D eigenvalue weighted by molar-refractivity contribution is 0.630. The summed E-state index contributed by atoms with van der Waals surface area (Å²) < 4.78 is 13.6. The molecule has 0 aliphatic carbocycles. The number of nitrogens with two attached hydrogens (primary N) is 1. The van der Waals surface area contributed by atoms with Gasteiger partial charge in [-0.2, -0.15) is 15.0 Å². The third kappa shape index (κ3) is 2.71. The second-order valence-electron chi connectivity index (χ2n) is 4.12. The number of hydrogen-bond acceptors (Lipinski definition) is 5. The van der Waals surface area contributed by atoms with Crippen LogP contribution < -0.4 is 11.1 Å². The molecule has 0 fully saturated rings. The smallest absolute Gasteiger partial charge is 0.228 e. The molecule has 0 amide bonds. The van der Waals surface area contributed by atoms with Crippen LogP contribution >= 0.6 is 0 Å². The molecule has 1 heterocycles. The summed E-state index contributed by atoms with van der Waals surface area (Å²) in [5, 5.41) is 3.01. The first kappa shape index (κ1) is 12.2. The molecule has 1 aromatic carbocycles. The highest BCUT2D eigenvalue weighted by Crippen LogP contribution is 2.20. The highest BCUT2D eigenvalue weighted by molar-refractivity contribution is 5.58. The molecule has 94 valence electrons. The third-order valence-electron chi connectivity index (χ3n) is 2.19. The molecule has 1 aromatic heterocycles. The molecule has 0 saturated carbocycles. The summed E-state index contributed by atoms with van der Waals surface area (Å²) in [6, 6.07) is 6.43. The molecule has 2 rings (SSSR count). The zero-order chi connectivity index (χ0) is 13.1. The number of halogens is 1. The Bertz CT molecular complexity index is 556. The SMILES string of the molecule is CC(C)Nc1nc(N)nc(-c2ccccc2F)n1. The van der Waals surface area contributed by atoms with E-state index in [1.165, 1.54) is 6.07 Å². The summed E-state index contributed by atoms with van der Waals surface area (Å²) in [6.07, 6.45) is 0. The molecular weight excluding hydrogens is 233 g/mol. The summed E-state index contributed by atoms with van der Waals surface area (Å²) in [5.74, 6) is 0.240. The molecule has 2 aromatic rings. The van der Waals surface area contributed by atoms with E-state index in [1.807, 2.05) is 13.8 Å². The van der Waals surface area contributed by atoms with E-state index in [9.17, 15) is 4.39 Å². The van der Waals surface area contributed by atoms with Gasteiger partial charge in [-0.25, -0.2) is 4.39 Å². The molecular formula is C12H14FN5. The molecule has 0 aliphatic rings. The predicted octanol–water partition coefficient (Wildman–Crippen LogP) is 2.08. The van der Waals surface area contributed by atoms with Crippen LogP contribution in [0.3, 0.4) is 0 Å². The van der Waals surface area contributed by atoms with Gasteiger partial charge in [0.15, 0.2) is 5.82 Å². The van der Waals surface area contributed by atoms with E-state index in [-0.39, 0.29) is 17.8 Å². The van der Waals surface area contributed by atoms with Crippen LogP contribution in [-0.2, 0) is 0 Å². The van der Waals surface area contributed by atoms with Crippen molar-refractivity contribution in [2.75, 3.05) is 11.1 Å². The van der Waals surface area contributed by atoms with Crippen LogP contribution in [0.2, 0.25) is 0 Å². The summed E-state index contributed by atoms with van der Waals surface area (Å²) >= 11 is 0. The zero-order valence-corrected chi connectivity index (χ0v) is 10.2. The van der Waals surface area contributed by atoms with Crippen molar-refractivity contribution in [3.05, 3.63) is 30.1 Å². The first-order valence-corrected chi connectivity index (χ1v) is 5.59. The fourth-order valence-electron chi connectivity index (χ4n) is 1.48. The Morgan fingerprint density at radius 1 is 1.17 bits per heavy atom. The summed E-state index contributed by atoms with van der Waals surface area (Å²) in [5.41, 5.74) is 5.90. The number of anilines is 2. The maximum atomic E-state index is 13.6. The van der Waals surface area contributed by atoms with Crippen molar-refractivity contribution in [1.82, 2.24) is 15.0 Å². The van der Waals surface area contributed by atoms with Gasteiger partial charge < -0.3 is 11.1 Å². The highest BCUT2D eigenvalue weighted by atomic mass is 19.1. The van der Waals surface area contributed by atoms with E-state index in [1.54, 1.807) is 18.2 Å². The Balaban J connectivity index is 2.45. The van der Waals surface area contributed by atoms with Crippen molar-refractivity contribution in [3.63, 3.8) is 0 Å². The largest absolute Gasteiger partial charge is 0.368 e. The van der Waals surface area contributed by atoms with E-state index >= 15 is 0 Å². The van der Waals surface area contributed by atoms with Gasteiger partial charge in [0.25, 0.3) is 0 Å². The highest BCUT2D eigenvalue weighted by Gasteiger charge is 2.10. The first-order chi connectivity index (χ1) is 8.56. The average Bonchev–Trinajstić information content (AvgIpc) is 2.27. The molecule has 0 spiro atoms. The van der Waals surface area contributed by atoms with Crippen molar-refractivity contribution in [3.8, 4) is 11.4 Å². The van der Waals surface area contributed by atoms with Crippen molar-refractivity contribution >= 4 is 11.9 Å². The van der Waals surface area contributed by atoms with Gasteiger partial charge in [-0.05, 0) is 26.0 Å². The van der Waals surface area contributed by atoms with E-state index in [0.29, 0.717) is 11.5 Å². The quantitative estimate of drug-likeness (QED) is 0.868. The minimum absolute atomic E-state index is 0.0615. The molecule has 0 aliphatic heterocycles. The Morgan fingerprint density at radius 2 is 1.89 bits per heavy atom. The Morgan fingerprint density at radius 3 is 2.56 bits per heavy atom. The Labute approximate surface area is 104 Å². The minimum atomic E-state index is -0.390. The number of nitrogen functional groups attached to an aromatic ring is 1. The van der Waals surface area contributed by atoms with Gasteiger partial charge in [-0.15, -0.1) is 0 Å². The lowest BCUT2D eigenvalue weighted by Gasteiger charge is -2.09. The van der Waals surface area contributed by atoms with Crippen LogP contribution in [0.1, 0.15) is 13.8 Å². The Kier molecular flexibility index (Phi) is 3.36. The molecule has 3 N–H and O–H groups in total. The van der Waals surface area contributed by atoms with Gasteiger partial charge in [0.1, 0.15) is 5.82 Å². The van der Waals surface area contributed by atoms with Gasteiger partial charge in [0, 0.05) is 6.04 Å². The van der Waals surface area contributed by atoms with Crippen molar-refractivity contribution in [2.45, 2.75) is 19.9 Å². The molecule has 0 unspecified atom stereocenters. The Hall–Kier alpha value is -2.24. The number of nitrogens with zero attached hydrogens (tertiary/aromatic N) is 3. The van der Waals surface area contributed by atoms with Crippen LogP contribution in [-0.4, -0.2) is 21.0 Å². The van der Waals surface area contributed by atoms with Gasteiger partial charge in [0.05, 0.1) is 5.56 Å². The monoisotopic (exact) mass is 247 g/mol. The van der Waals surface area contributed by atoms with Gasteiger partial charge in [0.2, 0.25) is 11.9 Å². The third-order valence-corrected chi connectivity index (χ3v) is 2.19. The van der Waals surface area contributed by atoms with Crippen LogP contribution in [0.15, 0.2) is 24.3 Å². The maximum absolute atomic E-state index is 13.6. The number of hydrogen-bond donors (Lipinski definition) is 2. The standard InChI is InChI=1S/C12H14FN5/c1-7(2)15-12-17-10(16-11(14)18-12)8-5-3-4-6-9(8)13/h3-7H,1-2H3,(H3,14,15,16,17,18). The molecule has 6 heteroatoms. The normalized spacial score (nSPS) is 10.7. The first-order valence-electron chi connectivity index (χ1n) is 5.59. The van der Waals surface area contributed by atoms with Crippen LogP contribution in [0.4, 0.5) is 16.3 Å². The number of aromatic nitrogens is 3. The topological polar surface area (TPSA) is 76.7 Å². The van der Waals surface area contributed by atoms with Crippen molar-refractivity contribution in [2.24, 2.45) is 0 Å². The summed E-state index contributed by atoms with van der Waals surface area (Å²) in [4.78, 5) is 12.1. The molecule has 5 nitrogen and oxygen atoms in total. The lowest BCUT2D eigenvalue weighted by Crippen LogP contribution is -2.14. The summed E-state index contributed by atoms with van der Waals surface area (Å²) in [7, 11) is 0. The van der Waals surface area contributed by atoms with Crippen molar-refractivity contribution < 1.29 is 4.39 Å². The van der Waals surface area contributed by atoms with Crippen LogP contribution in [0.25, 0.3) is 11.4 Å². The zero-order valence-electron chi connectivity index (χ0n) is 10.2. The number of nitrogens with one attached hydrogen (secondary N) is 1. The van der Waals surface area contributed by atoms with E-state index in [4.69, 9.17) is 5.73 Å². The molecule has 0 radical (unpaired) electrons. The van der Waals surface area contributed by atoms with Gasteiger partial charge in [-0.3, -0.25) is 0 Å². The molecule has 0 atom stereocenters. The number of rotatable bonds is 3. The predicted molar refractivity (Wildman–Crippen MR) is 68.4 cm³/mol. The second kappa shape index (κ2) is 4.95. The van der Waals surface area contributed by atoms with Crippen LogP contribution in [0, 0.1) is 5.82 Å². The maximum Gasteiger partial charge on any atom is 0.228 e. The summed E-state index contributed by atoms with van der Waals surface area (Å²) in [6.45, 7) is 3.89. The minimum Gasteiger partial charge on any atom is -0.368 e. The van der Waals surface area contributed by atoms with Gasteiger partial charge in [-0.1, -0.05) is 12.1 Å². The van der Waals surface area contributed by atoms with Crippen molar-refractivity contribution in [1.29, 1.82) is 0 Å². The molecule has 0 bridgehead atoms. The average molecular weight is 247 g/mol. The molecule has 18 heavy (non-hydrogen) atoms. The fraction of sp³-hybridized carbons (Fsp3) is 0.250. The second-order valence-corrected chi connectivity index (χ2v) is 4.12. The van der Waals surface area contributed by atoms with Crippen LogP contribution in [0.5, 0.6) is 0 Å². The molecule has 0 saturated heterocycles.